The summed E-state index contributed by atoms with van der Waals surface area (Å²) in [6.45, 7) is 13.5. The third kappa shape index (κ3) is 4.26. The van der Waals surface area contributed by atoms with E-state index in [2.05, 4.69) is 31.0 Å². The fourth-order valence-corrected chi connectivity index (χ4v) is 3.67. The van der Waals surface area contributed by atoms with Crippen LogP contribution in [0.4, 0.5) is 0 Å². The summed E-state index contributed by atoms with van der Waals surface area (Å²) >= 11 is 0. The van der Waals surface area contributed by atoms with E-state index in [1.54, 1.807) is 0 Å². The van der Waals surface area contributed by atoms with Crippen molar-refractivity contribution >= 4 is 0 Å². The molecule has 0 aromatic heterocycles. The van der Waals surface area contributed by atoms with Gasteiger partial charge in [-0.05, 0) is 49.6 Å². The Morgan fingerprint density at radius 1 is 0.941 bits per heavy atom. The van der Waals surface area contributed by atoms with Gasteiger partial charge < -0.3 is 10.2 Å². The average Bonchev–Trinajstić information content (AvgIpc) is 2.61. The molecule has 1 N–H and O–H groups in total. The van der Waals surface area contributed by atoms with Gasteiger partial charge >= 0.3 is 0 Å². The van der Waals surface area contributed by atoms with Crippen molar-refractivity contribution in [3.63, 3.8) is 0 Å². The minimum absolute atomic E-state index is 0.807. The van der Waals surface area contributed by atoms with Gasteiger partial charge in [0, 0.05) is 19.6 Å². The van der Waals surface area contributed by atoms with Gasteiger partial charge in [-0.1, -0.05) is 27.2 Å². The molecule has 100 valence electrons. The molecular weight excluding hydrogens is 208 g/mol. The molecule has 1 aliphatic carbocycles. The highest BCUT2D eigenvalue weighted by molar-refractivity contribution is 4.79. The number of nitrogens with one attached hydrogen (secondary N) is 1. The molecule has 0 radical (unpaired) electrons. The topological polar surface area (TPSA) is 15.3 Å². The first kappa shape index (κ1) is 13.4. The Morgan fingerprint density at radius 2 is 1.59 bits per heavy atom. The highest BCUT2D eigenvalue weighted by Crippen LogP contribution is 2.31. The minimum Gasteiger partial charge on any atom is -0.316 e. The Kier molecular flexibility index (Phi) is 4.87. The second-order valence-corrected chi connectivity index (χ2v) is 6.87. The molecule has 0 aromatic carbocycles. The van der Waals surface area contributed by atoms with Gasteiger partial charge in [-0.25, -0.2) is 0 Å². The van der Waals surface area contributed by atoms with Gasteiger partial charge in [-0.3, -0.25) is 0 Å². The fraction of sp³-hybridized carbons (Fsp3) is 1.00. The Balaban J connectivity index is 1.83. The van der Waals surface area contributed by atoms with Crippen LogP contribution in [0.25, 0.3) is 0 Å². The maximum absolute atomic E-state index is 3.58. The lowest BCUT2D eigenvalue weighted by molar-refractivity contribution is 0.161. The summed E-state index contributed by atoms with van der Waals surface area (Å²) in [6, 6.07) is 0. The largest absolute Gasteiger partial charge is 0.316 e. The van der Waals surface area contributed by atoms with Crippen molar-refractivity contribution in [2.45, 2.75) is 40.0 Å². The summed E-state index contributed by atoms with van der Waals surface area (Å²) < 4.78 is 0. The summed E-state index contributed by atoms with van der Waals surface area (Å²) in [6.07, 6.45) is 4.40. The molecule has 2 nitrogen and oxygen atoms in total. The van der Waals surface area contributed by atoms with E-state index in [1.165, 1.54) is 52.0 Å². The molecule has 4 unspecified atom stereocenters. The van der Waals surface area contributed by atoms with Crippen LogP contribution < -0.4 is 5.32 Å². The van der Waals surface area contributed by atoms with Gasteiger partial charge in [0.15, 0.2) is 0 Å². The molecule has 0 amide bonds. The standard InChI is InChI=1S/C15H30N2/c1-12-4-5-15(6-12)11-17-9-13(2)7-16-8-14(3)10-17/h12-16H,4-11H2,1-3H3. The van der Waals surface area contributed by atoms with E-state index in [0.717, 1.165) is 23.7 Å². The van der Waals surface area contributed by atoms with Crippen LogP contribution in [0.2, 0.25) is 0 Å². The molecule has 1 aliphatic heterocycles. The van der Waals surface area contributed by atoms with Gasteiger partial charge in [-0.15, -0.1) is 0 Å². The summed E-state index contributed by atoms with van der Waals surface area (Å²) in [5, 5.41) is 3.58. The van der Waals surface area contributed by atoms with Crippen molar-refractivity contribution in [2.24, 2.45) is 23.7 Å². The molecule has 2 aliphatic rings. The summed E-state index contributed by atoms with van der Waals surface area (Å²) in [4.78, 5) is 2.75. The number of rotatable bonds is 2. The lowest BCUT2D eigenvalue weighted by atomic mass is 10.0. The molecule has 0 aromatic rings. The van der Waals surface area contributed by atoms with Gasteiger partial charge in [0.2, 0.25) is 0 Å². The van der Waals surface area contributed by atoms with Crippen LogP contribution in [-0.4, -0.2) is 37.6 Å². The summed E-state index contributed by atoms with van der Waals surface area (Å²) in [5.74, 6) is 3.57. The van der Waals surface area contributed by atoms with Crippen LogP contribution in [0.1, 0.15) is 40.0 Å². The van der Waals surface area contributed by atoms with E-state index in [0.29, 0.717) is 0 Å². The van der Waals surface area contributed by atoms with Crippen LogP contribution in [0.5, 0.6) is 0 Å². The van der Waals surface area contributed by atoms with Crippen molar-refractivity contribution < 1.29 is 0 Å². The van der Waals surface area contributed by atoms with E-state index in [1.807, 2.05) is 0 Å². The molecule has 1 saturated heterocycles. The Morgan fingerprint density at radius 3 is 2.12 bits per heavy atom. The van der Waals surface area contributed by atoms with Crippen LogP contribution in [0, 0.1) is 23.7 Å². The third-order valence-corrected chi connectivity index (χ3v) is 4.45. The van der Waals surface area contributed by atoms with Gasteiger partial charge in [0.25, 0.3) is 0 Å². The van der Waals surface area contributed by atoms with Crippen LogP contribution in [-0.2, 0) is 0 Å². The lowest BCUT2D eigenvalue weighted by Gasteiger charge is -2.33. The van der Waals surface area contributed by atoms with Crippen molar-refractivity contribution in [3.8, 4) is 0 Å². The minimum atomic E-state index is 0.807. The normalized spacial score (nSPS) is 41.1. The van der Waals surface area contributed by atoms with Crippen molar-refractivity contribution in [1.82, 2.24) is 10.2 Å². The second kappa shape index (κ2) is 6.19. The SMILES string of the molecule is CC1CCC(CN2CC(C)CNCC(C)C2)C1. The zero-order valence-corrected chi connectivity index (χ0v) is 11.9. The van der Waals surface area contributed by atoms with Gasteiger partial charge in [-0.2, -0.15) is 0 Å². The van der Waals surface area contributed by atoms with E-state index in [9.17, 15) is 0 Å². The first-order valence-corrected chi connectivity index (χ1v) is 7.56. The first-order chi connectivity index (χ1) is 8.13. The number of nitrogens with zero attached hydrogens (tertiary/aromatic N) is 1. The number of hydrogen-bond acceptors (Lipinski definition) is 2. The van der Waals surface area contributed by atoms with Crippen LogP contribution in [0.15, 0.2) is 0 Å². The molecule has 17 heavy (non-hydrogen) atoms. The molecular formula is C15H30N2. The molecule has 0 bridgehead atoms. The predicted octanol–water partition coefficient (Wildman–Crippen LogP) is 2.60. The van der Waals surface area contributed by atoms with E-state index in [4.69, 9.17) is 0 Å². The third-order valence-electron chi connectivity index (χ3n) is 4.45. The predicted molar refractivity (Wildman–Crippen MR) is 74.1 cm³/mol. The average molecular weight is 238 g/mol. The van der Waals surface area contributed by atoms with Crippen LogP contribution in [0.3, 0.4) is 0 Å². The van der Waals surface area contributed by atoms with Gasteiger partial charge in [0.05, 0.1) is 0 Å². The van der Waals surface area contributed by atoms with Crippen LogP contribution >= 0.6 is 0 Å². The monoisotopic (exact) mass is 238 g/mol. The lowest BCUT2D eigenvalue weighted by Crippen LogP contribution is -2.44. The van der Waals surface area contributed by atoms with E-state index >= 15 is 0 Å². The van der Waals surface area contributed by atoms with Crippen molar-refractivity contribution in [1.29, 1.82) is 0 Å². The molecule has 2 rings (SSSR count). The van der Waals surface area contributed by atoms with Gasteiger partial charge in [0.1, 0.15) is 0 Å². The maximum Gasteiger partial charge on any atom is 0.00194 e. The van der Waals surface area contributed by atoms with E-state index < -0.39 is 0 Å². The molecule has 2 heteroatoms. The molecule has 1 heterocycles. The Bertz CT molecular complexity index is 217. The zero-order valence-electron chi connectivity index (χ0n) is 11.9. The summed E-state index contributed by atoms with van der Waals surface area (Å²) in [7, 11) is 0. The van der Waals surface area contributed by atoms with Crippen molar-refractivity contribution in [3.05, 3.63) is 0 Å². The molecule has 4 atom stereocenters. The maximum atomic E-state index is 3.58. The fourth-order valence-electron chi connectivity index (χ4n) is 3.67. The molecule has 1 saturated carbocycles. The number of hydrogen-bond donors (Lipinski definition) is 1. The second-order valence-electron chi connectivity index (χ2n) is 6.87. The Hall–Kier alpha value is -0.0800. The zero-order chi connectivity index (χ0) is 12.3. The van der Waals surface area contributed by atoms with E-state index in [-0.39, 0.29) is 0 Å². The molecule has 0 spiro atoms. The summed E-state index contributed by atoms with van der Waals surface area (Å²) in [5.41, 5.74) is 0. The quantitative estimate of drug-likeness (QED) is 0.795. The molecule has 2 fully saturated rings. The Labute approximate surface area is 107 Å². The highest BCUT2D eigenvalue weighted by Gasteiger charge is 2.25. The highest BCUT2D eigenvalue weighted by atomic mass is 15.1. The van der Waals surface area contributed by atoms with Crippen molar-refractivity contribution in [2.75, 3.05) is 32.7 Å². The first-order valence-electron chi connectivity index (χ1n) is 7.56. The smallest absolute Gasteiger partial charge is 0.00194 e.